The van der Waals surface area contributed by atoms with Crippen LogP contribution >= 0.6 is 0 Å². The molecule has 35 heavy (non-hydrogen) atoms. The largest absolute Gasteiger partial charge is 0.493 e. The number of imidazole rings is 1. The molecule has 1 saturated heterocycles. The zero-order valence-corrected chi connectivity index (χ0v) is 18.9. The normalized spacial score (nSPS) is 17.4. The molecule has 2 fully saturated rings. The van der Waals surface area contributed by atoms with Crippen molar-refractivity contribution >= 4 is 23.4 Å². The number of nitrogens with one attached hydrogen (secondary N) is 3. The first-order valence-corrected chi connectivity index (χ1v) is 11.6. The Bertz CT molecular complexity index is 1540. The van der Waals surface area contributed by atoms with Gasteiger partial charge in [-0.2, -0.15) is 9.61 Å². The zero-order chi connectivity index (χ0) is 23.8. The summed E-state index contributed by atoms with van der Waals surface area (Å²) >= 11 is 0. The van der Waals surface area contributed by atoms with Gasteiger partial charge < -0.3 is 25.0 Å². The van der Waals surface area contributed by atoms with E-state index in [1.165, 1.54) is 0 Å². The second-order valence-corrected chi connectivity index (χ2v) is 8.66. The predicted octanol–water partition coefficient (Wildman–Crippen LogP) is -0.0942. The molecule has 0 aromatic carbocycles. The lowest BCUT2D eigenvalue weighted by Crippen LogP contribution is -2.36. The fourth-order valence-corrected chi connectivity index (χ4v) is 4.02. The third-order valence-electron chi connectivity index (χ3n) is 6.00. The molecule has 0 atom stereocenters. The topological polar surface area (TPSA) is 149 Å². The van der Waals surface area contributed by atoms with Crippen molar-refractivity contribution in [1.82, 2.24) is 29.5 Å². The molecule has 5 heterocycles. The van der Waals surface area contributed by atoms with Crippen molar-refractivity contribution in [2.45, 2.75) is 25.4 Å². The molecule has 1 saturated carbocycles. The molecule has 0 spiro atoms. The first-order valence-electron chi connectivity index (χ1n) is 11.6. The molecule has 4 N–H and O–H groups in total. The van der Waals surface area contributed by atoms with Crippen LogP contribution in [0.2, 0.25) is 0 Å². The highest BCUT2D eigenvalue weighted by molar-refractivity contribution is 5.58. The molecule has 180 valence electrons. The molecular formula is C23H25N9O3. The number of rotatable bonds is 6. The minimum Gasteiger partial charge on any atom is -0.493 e. The number of aromatic amines is 2. The molecule has 6 rings (SSSR count). The van der Waals surface area contributed by atoms with Gasteiger partial charge in [-0.05, 0) is 36.6 Å². The highest BCUT2D eigenvalue weighted by Gasteiger charge is 2.20. The third kappa shape index (κ3) is 4.60. The van der Waals surface area contributed by atoms with E-state index < -0.39 is 5.69 Å². The highest BCUT2D eigenvalue weighted by Crippen LogP contribution is 2.22. The first-order chi connectivity index (χ1) is 17.1. The summed E-state index contributed by atoms with van der Waals surface area (Å²) in [5.41, 5.74) is 2.13. The van der Waals surface area contributed by atoms with E-state index >= 15 is 0 Å². The molecule has 0 unspecified atom stereocenters. The van der Waals surface area contributed by atoms with Crippen LogP contribution in [0.25, 0.3) is 11.7 Å². The van der Waals surface area contributed by atoms with E-state index in [9.17, 15) is 9.90 Å². The lowest BCUT2D eigenvalue weighted by molar-refractivity contribution is 0.122. The summed E-state index contributed by atoms with van der Waals surface area (Å²) in [6.07, 6.45) is 7.21. The van der Waals surface area contributed by atoms with Crippen molar-refractivity contribution in [2.75, 3.05) is 36.5 Å². The van der Waals surface area contributed by atoms with E-state index in [0.29, 0.717) is 48.0 Å². The van der Waals surface area contributed by atoms with E-state index in [-0.39, 0.29) is 11.6 Å². The SMILES string of the molecule is O=c1[nH]c(O)c(/C=c2/cnn3c(=NC4CC4)cc(NCc4ccnc(N5CCOCC5)c4)nc23)[nH]1. The Kier molecular flexibility index (Phi) is 5.41. The number of H-pyrrole nitrogens is 2. The first kappa shape index (κ1) is 21.4. The van der Waals surface area contributed by atoms with E-state index in [2.05, 4.69) is 36.3 Å². The van der Waals surface area contributed by atoms with Gasteiger partial charge in [-0.15, -0.1) is 0 Å². The minimum atomic E-state index is -0.487. The maximum absolute atomic E-state index is 11.5. The molecule has 12 heteroatoms. The van der Waals surface area contributed by atoms with Gasteiger partial charge in [0.15, 0.2) is 11.1 Å². The molecule has 0 radical (unpaired) electrons. The van der Waals surface area contributed by atoms with E-state index in [0.717, 1.165) is 37.3 Å². The van der Waals surface area contributed by atoms with Gasteiger partial charge in [0.1, 0.15) is 17.3 Å². The third-order valence-corrected chi connectivity index (χ3v) is 6.00. The van der Waals surface area contributed by atoms with Crippen molar-refractivity contribution in [2.24, 2.45) is 4.99 Å². The number of nitrogens with zero attached hydrogens (tertiary/aromatic N) is 6. The van der Waals surface area contributed by atoms with E-state index in [1.54, 1.807) is 16.8 Å². The summed E-state index contributed by atoms with van der Waals surface area (Å²) in [5, 5.41) is 18.4. The number of hydrogen-bond donors (Lipinski definition) is 4. The van der Waals surface area contributed by atoms with Crippen molar-refractivity contribution in [3.8, 4) is 5.88 Å². The Morgan fingerprint density at radius 3 is 2.89 bits per heavy atom. The lowest BCUT2D eigenvalue weighted by Gasteiger charge is -2.28. The van der Waals surface area contributed by atoms with Crippen molar-refractivity contribution in [1.29, 1.82) is 0 Å². The van der Waals surface area contributed by atoms with Crippen LogP contribution in [0, 0.1) is 0 Å². The second-order valence-electron chi connectivity index (χ2n) is 8.66. The van der Waals surface area contributed by atoms with Crippen molar-refractivity contribution in [3.05, 3.63) is 63.0 Å². The number of aromatic nitrogens is 6. The summed E-state index contributed by atoms with van der Waals surface area (Å²) < 4.78 is 7.12. The van der Waals surface area contributed by atoms with Crippen LogP contribution in [0.3, 0.4) is 0 Å². The average molecular weight is 476 g/mol. The molecular weight excluding hydrogens is 450 g/mol. The van der Waals surface area contributed by atoms with Crippen molar-refractivity contribution in [3.63, 3.8) is 0 Å². The Balaban J connectivity index is 1.33. The number of pyridine rings is 1. The monoisotopic (exact) mass is 475 g/mol. The lowest BCUT2D eigenvalue weighted by atomic mass is 10.2. The second kappa shape index (κ2) is 8.87. The Labute approximate surface area is 199 Å². The summed E-state index contributed by atoms with van der Waals surface area (Å²) in [5.74, 6) is 1.36. The van der Waals surface area contributed by atoms with Gasteiger partial charge in [0, 0.05) is 37.1 Å². The molecule has 1 aliphatic carbocycles. The summed E-state index contributed by atoms with van der Waals surface area (Å²) in [4.78, 5) is 32.7. The van der Waals surface area contributed by atoms with Gasteiger partial charge in [-0.3, -0.25) is 9.98 Å². The van der Waals surface area contributed by atoms with E-state index in [4.69, 9.17) is 14.7 Å². The fourth-order valence-electron chi connectivity index (χ4n) is 4.02. The number of aromatic hydroxyl groups is 1. The number of hydrogen-bond acceptors (Lipinski definition) is 9. The van der Waals surface area contributed by atoms with Crippen LogP contribution in [0.4, 0.5) is 11.6 Å². The Hall–Kier alpha value is -4.19. The minimum absolute atomic E-state index is 0.236. The highest BCUT2D eigenvalue weighted by atomic mass is 16.5. The Morgan fingerprint density at radius 2 is 2.11 bits per heavy atom. The predicted molar refractivity (Wildman–Crippen MR) is 128 cm³/mol. The molecule has 0 bridgehead atoms. The number of morpholine rings is 1. The van der Waals surface area contributed by atoms with Gasteiger partial charge in [0.2, 0.25) is 5.88 Å². The standard InChI is InChI=1S/C23H25N9O3/c33-22-17(28-23(34)30-22)10-15-13-26-32-20(27-16-1-2-16)11-18(29-21(15)32)25-12-14-3-4-24-19(9-14)31-5-7-35-8-6-31/h3-4,9-11,13,16,25,33H,1-2,5-8,12H2,(H2,28,30,34)/b15-10-,27-20?. The summed E-state index contributed by atoms with van der Waals surface area (Å²) in [6.45, 7) is 3.64. The molecule has 4 aromatic rings. The van der Waals surface area contributed by atoms with Crippen LogP contribution in [0.5, 0.6) is 5.88 Å². The Morgan fingerprint density at radius 1 is 1.26 bits per heavy atom. The van der Waals surface area contributed by atoms with Crippen LogP contribution in [-0.2, 0) is 11.3 Å². The maximum atomic E-state index is 11.5. The molecule has 4 aromatic heterocycles. The van der Waals surface area contributed by atoms with Gasteiger partial charge in [-0.1, -0.05) is 0 Å². The van der Waals surface area contributed by atoms with Gasteiger partial charge in [0.05, 0.1) is 25.5 Å². The number of anilines is 2. The van der Waals surface area contributed by atoms with Crippen molar-refractivity contribution < 1.29 is 9.84 Å². The molecule has 2 aliphatic rings. The zero-order valence-electron chi connectivity index (χ0n) is 18.9. The quantitative estimate of drug-likeness (QED) is 0.302. The number of fused-ring (bicyclic) bond motifs is 1. The van der Waals surface area contributed by atoms with Gasteiger partial charge in [0.25, 0.3) is 0 Å². The molecule has 1 aliphatic heterocycles. The average Bonchev–Trinajstić information content (AvgIpc) is 3.51. The smallest absolute Gasteiger partial charge is 0.326 e. The van der Waals surface area contributed by atoms with Gasteiger partial charge >= 0.3 is 5.69 Å². The van der Waals surface area contributed by atoms with Crippen LogP contribution in [-0.4, -0.2) is 67.0 Å². The van der Waals surface area contributed by atoms with Crippen LogP contribution in [0.15, 0.2) is 40.4 Å². The summed E-state index contributed by atoms with van der Waals surface area (Å²) in [6, 6.07) is 6.25. The van der Waals surface area contributed by atoms with Gasteiger partial charge in [-0.25, -0.2) is 14.8 Å². The summed E-state index contributed by atoms with van der Waals surface area (Å²) in [7, 11) is 0. The fraction of sp³-hybridized carbons (Fsp3) is 0.348. The van der Waals surface area contributed by atoms with E-state index in [1.807, 2.05) is 18.3 Å². The molecule has 0 amide bonds. The maximum Gasteiger partial charge on any atom is 0.326 e. The van der Waals surface area contributed by atoms with Crippen LogP contribution in [0.1, 0.15) is 24.1 Å². The number of ether oxygens (including phenoxy) is 1. The van der Waals surface area contributed by atoms with Crippen LogP contribution < -0.4 is 26.6 Å². The molecule has 12 nitrogen and oxygen atoms in total.